The molecule has 1 fully saturated rings. The molecule has 12 heteroatoms. The van der Waals surface area contributed by atoms with E-state index in [1.807, 2.05) is 0 Å². The number of benzene rings is 3. The van der Waals surface area contributed by atoms with Gasteiger partial charge in [-0.2, -0.15) is 0 Å². The van der Waals surface area contributed by atoms with E-state index in [9.17, 15) is 26.8 Å². The van der Waals surface area contributed by atoms with E-state index in [1.54, 1.807) is 46.8 Å². The number of amides is 2. The van der Waals surface area contributed by atoms with E-state index < -0.39 is 27.6 Å². The van der Waals surface area contributed by atoms with E-state index in [0.717, 1.165) is 10.6 Å². The Morgan fingerprint density at radius 3 is 2.44 bits per heavy atom. The smallest absolute Gasteiger partial charge is 0.270 e. The number of anilines is 1. The van der Waals surface area contributed by atoms with Crippen LogP contribution in [0.25, 0.3) is 33.2 Å². The van der Waals surface area contributed by atoms with Gasteiger partial charge in [-0.1, -0.05) is 6.07 Å². The predicted molar refractivity (Wildman–Crippen MR) is 169 cm³/mol. The first-order valence-corrected chi connectivity index (χ1v) is 16.3. The molecule has 0 saturated carbocycles. The zero-order chi connectivity index (χ0) is 32.2. The van der Waals surface area contributed by atoms with Crippen LogP contribution in [0.15, 0.2) is 65.1 Å². The lowest BCUT2D eigenvalue weighted by atomic mass is 9.88. The van der Waals surface area contributed by atoms with Crippen LogP contribution < -0.4 is 9.62 Å². The van der Waals surface area contributed by atoms with Gasteiger partial charge in [0.15, 0.2) is 0 Å². The Morgan fingerprint density at radius 1 is 1.04 bits per heavy atom. The normalized spacial score (nSPS) is 15.5. The van der Waals surface area contributed by atoms with Crippen LogP contribution in [0.4, 0.5) is 14.5 Å². The molecule has 1 saturated heterocycles. The number of likely N-dealkylation sites (tertiary alicyclic amines) is 1. The molecule has 0 unspecified atom stereocenters. The third-order valence-electron chi connectivity index (χ3n) is 8.64. The number of aryl methyl sites for hydroxylation is 1. The molecule has 9 nitrogen and oxygen atoms in total. The van der Waals surface area contributed by atoms with E-state index >= 15 is 0 Å². The van der Waals surface area contributed by atoms with Gasteiger partial charge < -0.3 is 19.2 Å². The van der Waals surface area contributed by atoms with Crippen molar-refractivity contribution in [3.63, 3.8) is 0 Å². The lowest BCUT2D eigenvalue weighted by molar-refractivity contribution is 0.0698. The summed E-state index contributed by atoms with van der Waals surface area (Å²) in [5.41, 5.74) is 2.94. The number of fused-ring (bicyclic) bond motifs is 2. The largest absolute Gasteiger partial charge is 0.455 e. The van der Waals surface area contributed by atoms with Gasteiger partial charge in [-0.05, 0) is 66.9 Å². The average Bonchev–Trinajstić information content (AvgIpc) is 3.57. The molecule has 0 aliphatic carbocycles. The van der Waals surface area contributed by atoms with Gasteiger partial charge >= 0.3 is 0 Å². The summed E-state index contributed by atoms with van der Waals surface area (Å²) in [4.78, 5) is 28.7. The molecule has 6 rings (SSSR count). The molecule has 2 aromatic heterocycles. The second kappa shape index (κ2) is 11.3. The number of nitrogens with zero attached hydrogens (tertiary/aromatic N) is 3. The van der Waals surface area contributed by atoms with Gasteiger partial charge in [-0.25, -0.2) is 17.2 Å². The molecule has 234 valence electrons. The van der Waals surface area contributed by atoms with Crippen LogP contribution in [0.3, 0.4) is 0 Å². The molecule has 1 N–H and O–H groups in total. The van der Waals surface area contributed by atoms with Crippen molar-refractivity contribution in [1.82, 2.24) is 14.8 Å². The van der Waals surface area contributed by atoms with E-state index in [4.69, 9.17) is 4.42 Å². The highest BCUT2D eigenvalue weighted by atomic mass is 32.2. The topological polar surface area (TPSA) is 105 Å². The Kier molecular flexibility index (Phi) is 7.64. The number of hydrogen-bond donors (Lipinski definition) is 1. The summed E-state index contributed by atoms with van der Waals surface area (Å²) in [6.45, 7) is 0.750. The van der Waals surface area contributed by atoms with Gasteiger partial charge in [0.1, 0.15) is 28.7 Å². The highest BCUT2D eigenvalue weighted by molar-refractivity contribution is 7.92. The van der Waals surface area contributed by atoms with Crippen molar-refractivity contribution in [1.29, 1.82) is 0 Å². The first-order chi connectivity index (χ1) is 21.4. The summed E-state index contributed by atoms with van der Waals surface area (Å²) in [5, 5.41) is 3.46. The second-order valence-electron chi connectivity index (χ2n) is 11.4. The minimum Gasteiger partial charge on any atom is -0.455 e. The molecule has 1 aliphatic rings. The van der Waals surface area contributed by atoms with Gasteiger partial charge in [0, 0.05) is 62.6 Å². The van der Waals surface area contributed by atoms with E-state index in [0.29, 0.717) is 58.2 Å². The molecule has 0 spiro atoms. The van der Waals surface area contributed by atoms with Crippen molar-refractivity contribution in [2.45, 2.75) is 18.8 Å². The highest BCUT2D eigenvalue weighted by Crippen LogP contribution is 2.42. The standard InChI is InChI=1S/C33H32F2N4O5S/c1-36-32(40)30-24-15-22(27(38(3)45(4,42)43)17-29(24)44-31(30)19-10-12-21(34)13-11-19)20-7-6-14-39(18-20)33(41)28-16-23-25(35)8-5-9-26(23)37(28)2/h5,8-13,15-17,20H,6-7,14,18H2,1-4H3,(H,36,40)/t20-/m0/s1. The Balaban J connectivity index is 1.47. The summed E-state index contributed by atoms with van der Waals surface area (Å²) in [6, 6.07) is 15.2. The maximum atomic E-state index is 14.5. The summed E-state index contributed by atoms with van der Waals surface area (Å²) in [6.07, 6.45) is 2.39. The molecule has 3 heterocycles. The number of rotatable bonds is 6. The summed E-state index contributed by atoms with van der Waals surface area (Å²) >= 11 is 0. The summed E-state index contributed by atoms with van der Waals surface area (Å²) in [7, 11) is 0.946. The lowest BCUT2D eigenvalue weighted by Gasteiger charge is -2.35. The highest BCUT2D eigenvalue weighted by Gasteiger charge is 2.32. The number of piperidine rings is 1. The van der Waals surface area contributed by atoms with Crippen LogP contribution in [0.2, 0.25) is 0 Å². The minimum atomic E-state index is -3.71. The molecule has 45 heavy (non-hydrogen) atoms. The van der Waals surface area contributed by atoms with Crippen LogP contribution in [0, 0.1) is 11.6 Å². The predicted octanol–water partition coefficient (Wildman–Crippen LogP) is 5.64. The number of aromatic nitrogens is 1. The molecule has 2 amide bonds. The fourth-order valence-corrected chi connectivity index (χ4v) is 6.70. The van der Waals surface area contributed by atoms with Crippen molar-refractivity contribution < 1.29 is 31.2 Å². The average molecular weight is 635 g/mol. The molecular weight excluding hydrogens is 602 g/mol. The molecular formula is C33H32F2N4O5S. The van der Waals surface area contributed by atoms with Crippen molar-refractivity contribution in [3.05, 3.63) is 89.1 Å². The summed E-state index contributed by atoms with van der Waals surface area (Å²) < 4.78 is 62.8. The fourth-order valence-electron chi connectivity index (χ4n) is 6.19. The number of hydrogen-bond acceptors (Lipinski definition) is 5. The van der Waals surface area contributed by atoms with Crippen LogP contribution in [-0.2, 0) is 17.1 Å². The van der Waals surface area contributed by atoms with E-state index in [2.05, 4.69) is 5.32 Å². The van der Waals surface area contributed by atoms with Crippen LogP contribution in [0.1, 0.15) is 45.2 Å². The molecule has 1 aliphatic heterocycles. The van der Waals surface area contributed by atoms with Gasteiger partial charge in [-0.15, -0.1) is 0 Å². The Labute approximate surface area is 259 Å². The van der Waals surface area contributed by atoms with E-state index in [-0.39, 0.29) is 35.3 Å². The number of furan rings is 1. The maximum absolute atomic E-state index is 14.5. The number of carbonyl (C=O) groups is 2. The van der Waals surface area contributed by atoms with Gasteiger partial charge in [0.05, 0.1) is 23.0 Å². The molecule has 0 radical (unpaired) electrons. The quantitative estimate of drug-likeness (QED) is 0.260. The summed E-state index contributed by atoms with van der Waals surface area (Å²) in [5.74, 6) is -1.61. The Morgan fingerprint density at radius 2 is 1.78 bits per heavy atom. The fraction of sp³-hybridized carbons (Fsp3) is 0.273. The van der Waals surface area contributed by atoms with Crippen molar-refractivity contribution in [2.24, 2.45) is 7.05 Å². The number of sulfonamides is 1. The first-order valence-electron chi connectivity index (χ1n) is 14.4. The van der Waals surface area contributed by atoms with Crippen LogP contribution >= 0.6 is 0 Å². The third kappa shape index (κ3) is 5.33. The zero-order valence-electron chi connectivity index (χ0n) is 25.2. The van der Waals surface area contributed by atoms with Crippen molar-refractivity contribution in [2.75, 3.05) is 37.7 Å². The van der Waals surface area contributed by atoms with Crippen LogP contribution in [0.5, 0.6) is 0 Å². The van der Waals surface area contributed by atoms with Gasteiger partial charge in [0.2, 0.25) is 10.0 Å². The second-order valence-corrected chi connectivity index (χ2v) is 13.4. The minimum absolute atomic E-state index is 0.220. The number of nitrogens with one attached hydrogen (secondary N) is 1. The number of halogens is 2. The maximum Gasteiger partial charge on any atom is 0.270 e. The monoisotopic (exact) mass is 634 g/mol. The van der Waals surface area contributed by atoms with Crippen LogP contribution in [-0.4, -0.2) is 63.1 Å². The number of carbonyl (C=O) groups excluding carboxylic acids is 2. The van der Waals surface area contributed by atoms with E-state index in [1.165, 1.54) is 44.4 Å². The van der Waals surface area contributed by atoms with Gasteiger partial charge in [-0.3, -0.25) is 13.9 Å². The molecule has 0 bridgehead atoms. The Hall–Kier alpha value is -4.71. The Bertz CT molecular complexity index is 2090. The van der Waals surface area contributed by atoms with Crippen molar-refractivity contribution in [3.8, 4) is 11.3 Å². The molecule has 1 atom stereocenters. The first kappa shape index (κ1) is 30.3. The SMILES string of the molecule is CNC(=O)c1c(-c2ccc(F)cc2)oc2cc(N(C)S(C)(=O)=O)c([C@H]3CCCN(C(=O)c4cc5c(F)cccc5n4C)C3)cc12. The van der Waals surface area contributed by atoms with Crippen molar-refractivity contribution >= 4 is 49.4 Å². The zero-order valence-corrected chi connectivity index (χ0v) is 26.0. The molecule has 3 aromatic carbocycles. The molecule has 5 aromatic rings. The van der Waals surface area contributed by atoms with Gasteiger partial charge in [0.25, 0.3) is 11.8 Å². The lowest BCUT2D eigenvalue weighted by Crippen LogP contribution is -2.40. The third-order valence-corrected chi connectivity index (χ3v) is 9.83.